The second-order valence-electron chi connectivity index (χ2n) is 7.29. The van der Waals surface area contributed by atoms with E-state index in [1.54, 1.807) is 0 Å². The summed E-state index contributed by atoms with van der Waals surface area (Å²) in [5, 5.41) is 7.18. The molecule has 1 atom stereocenters. The Morgan fingerprint density at radius 2 is 1.93 bits per heavy atom. The summed E-state index contributed by atoms with van der Waals surface area (Å²) in [5.74, 6) is 2.16. The van der Waals surface area contributed by atoms with Gasteiger partial charge >= 0.3 is 0 Å². The molecule has 3 aromatic rings. The fraction of sp³-hybridized carbons (Fsp3) is 0.350. The van der Waals surface area contributed by atoms with Gasteiger partial charge in [-0.2, -0.15) is 0 Å². The van der Waals surface area contributed by atoms with Crippen molar-refractivity contribution in [2.75, 3.05) is 16.8 Å². The normalized spacial score (nSPS) is 19.2. The number of nitrogens with one attached hydrogen (secondary N) is 1. The molecule has 0 radical (unpaired) electrons. The molecular weight excluding hydrogens is 364 g/mol. The minimum absolute atomic E-state index is 0.183. The van der Waals surface area contributed by atoms with Crippen molar-refractivity contribution in [3.8, 4) is 0 Å². The molecule has 1 aromatic carbocycles. The van der Waals surface area contributed by atoms with Gasteiger partial charge in [-0.05, 0) is 31.7 Å². The maximum atomic E-state index is 14.3. The summed E-state index contributed by atoms with van der Waals surface area (Å²) in [6.07, 6.45) is 5.44. The van der Waals surface area contributed by atoms with Crippen molar-refractivity contribution < 1.29 is 13.3 Å². The number of rotatable bonds is 5. The van der Waals surface area contributed by atoms with E-state index in [0.29, 0.717) is 28.9 Å². The highest BCUT2D eigenvalue weighted by atomic mass is 19.1. The Balaban J connectivity index is 1.38. The molecule has 0 bridgehead atoms. The van der Waals surface area contributed by atoms with E-state index in [1.165, 1.54) is 18.5 Å². The summed E-state index contributed by atoms with van der Waals surface area (Å²) >= 11 is 0. The predicted octanol–water partition coefficient (Wildman–Crippen LogP) is 4.71. The Morgan fingerprint density at radius 3 is 2.75 bits per heavy atom. The molecule has 1 unspecified atom stereocenters. The van der Waals surface area contributed by atoms with E-state index >= 15 is 0 Å². The van der Waals surface area contributed by atoms with Gasteiger partial charge in [0.2, 0.25) is 0 Å². The molecule has 5 rings (SSSR count). The predicted molar refractivity (Wildman–Crippen MR) is 99.5 cm³/mol. The standard InChI is InChI=1S/C20H19F2N5O/c21-13-5-6-14(15(22)8-13)16-2-1-7-27(16)20-10-18(23-11-24-20)25-19-9-17(28-26-19)12-3-4-12/h5-6,8-12,16H,1-4,7H2,(H,23,24,25,26). The van der Waals surface area contributed by atoms with Gasteiger partial charge < -0.3 is 14.7 Å². The zero-order valence-corrected chi connectivity index (χ0v) is 15.1. The Kier molecular flexibility index (Phi) is 4.18. The number of hydrogen-bond acceptors (Lipinski definition) is 6. The number of nitrogens with zero attached hydrogens (tertiary/aromatic N) is 4. The van der Waals surface area contributed by atoms with Crippen LogP contribution in [0.5, 0.6) is 0 Å². The zero-order valence-electron chi connectivity index (χ0n) is 15.1. The highest BCUT2D eigenvalue weighted by Gasteiger charge is 2.30. The molecule has 1 saturated heterocycles. The van der Waals surface area contributed by atoms with Crippen molar-refractivity contribution in [1.82, 2.24) is 15.1 Å². The molecule has 1 saturated carbocycles. The quantitative estimate of drug-likeness (QED) is 0.689. The lowest BCUT2D eigenvalue weighted by Crippen LogP contribution is -2.24. The fourth-order valence-corrected chi connectivity index (χ4v) is 3.75. The van der Waals surface area contributed by atoms with E-state index < -0.39 is 11.6 Å². The lowest BCUT2D eigenvalue weighted by Gasteiger charge is -2.26. The van der Waals surface area contributed by atoms with Crippen LogP contribution < -0.4 is 10.2 Å². The molecule has 2 aliphatic rings. The summed E-state index contributed by atoms with van der Waals surface area (Å²) < 4.78 is 32.9. The van der Waals surface area contributed by atoms with Crippen LogP contribution in [0.2, 0.25) is 0 Å². The fourth-order valence-electron chi connectivity index (χ4n) is 3.75. The summed E-state index contributed by atoms with van der Waals surface area (Å²) in [6, 6.07) is 7.27. The second kappa shape index (κ2) is 6.85. The van der Waals surface area contributed by atoms with Gasteiger partial charge in [-0.25, -0.2) is 18.7 Å². The number of hydrogen-bond donors (Lipinski definition) is 1. The van der Waals surface area contributed by atoms with Gasteiger partial charge in [0.15, 0.2) is 5.82 Å². The van der Waals surface area contributed by atoms with Gasteiger partial charge in [0.1, 0.15) is 35.4 Å². The van der Waals surface area contributed by atoms with Crippen LogP contribution in [0, 0.1) is 11.6 Å². The Morgan fingerprint density at radius 1 is 1.04 bits per heavy atom. The smallest absolute Gasteiger partial charge is 0.175 e. The van der Waals surface area contributed by atoms with Crippen LogP contribution in [0.15, 0.2) is 41.2 Å². The maximum absolute atomic E-state index is 14.3. The second-order valence-corrected chi connectivity index (χ2v) is 7.29. The summed E-state index contributed by atoms with van der Waals surface area (Å²) in [6.45, 7) is 0.744. The zero-order chi connectivity index (χ0) is 19.1. The first-order chi connectivity index (χ1) is 13.7. The van der Waals surface area contributed by atoms with Crippen LogP contribution in [-0.2, 0) is 0 Å². The number of aromatic nitrogens is 3. The molecule has 1 N–H and O–H groups in total. The molecule has 2 fully saturated rings. The molecule has 1 aliphatic heterocycles. The maximum Gasteiger partial charge on any atom is 0.175 e. The van der Waals surface area contributed by atoms with Crippen LogP contribution >= 0.6 is 0 Å². The molecule has 6 nitrogen and oxygen atoms in total. The van der Waals surface area contributed by atoms with E-state index in [0.717, 1.165) is 44.1 Å². The number of benzene rings is 1. The minimum atomic E-state index is -0.572. The summed E-state index contributed by atoms with van der Waals surface area (Å²) in [5.41, 5.74) is 0.484. The molecule has 8 heteroatoms. The lowest BCUT2D eigenvalue weighted by molar-refractivity contribution is 0.387. The van der Waals surface area contributed by atoms with Gasteiger partial charge in [-0.1, -0.05) is 11.2 Å². The molecule has 3 heterocycles. The largest absolute Gasteiger partial charge is 0.359 e. The van der Waals surface area contributed by atoms with E-state index in [9.17, 15) is 8.78 Å². The van der Waals surface area contributed by atoms with E-state index in [2.05, 4.69) is 20.4 Å². The first-order valence-electron chi connectivity index (χ1n) is 9.44. The van der Waals surface area contributed by atoms with Crippen LogP contribution in [0.4, 0.5) is 26.2 Å². The molecule has 28 heavy (non-hydrogen) atoms. The van der Waals surface area contributed by atoms with Crippen molar-refractivity contribution in [1.29, 1.82) is 0 Å². The molecule has 0 amide bonds. The van der Waals surface area contributed by atoms with Gasteiger partial charge in [0.05, 0.1) is 6.04 Å². The topological polar surface area (TPSA) is 67.1 Å². The lowest BCUT2D eigenvalue weighted by atomic mass is 10.0. The molecule has 0 spiro atoms. The highest BCUT2D eigenvalue weighted by molar-refractivity contribution is 5.57. The van der Waals surface area contributed by atoms with Crippen molar-refractivity contribution >= 4 is 17.5 Å². The van der Waals surface area contributed by atoms with E-state index in [-0.39, 0.29) is 6.04 Å². The Labute approximate surface area is 160 Å². The Bertz CT molecular complexity index is 1000. The van der Waals surface area contributed by atoms with Gasteiger partial charge in [0, 0.05) is 36.2 Å². The summed E-state index contributed by atoms with van der Waals surface area (Å²) in [4.78, 5) is 10.6. The first-order valence-corrected chi connectivity index (χ1v) is 9.44. The average Bonchev–Trinajstić information content (AvgIpc) is 3.23. The van der Waals surface area contributed by atoms with Gasteiger partial charge in [0.25, 0.3) is 0 Å². The van der Waals surface area contributed by atoms with Crippen molar-refractivity contribution in [3.05, 3.63) is 59.6 Å². The molecule has 2 aromatic heterocycles. The molecule has 144 valence electrons. The minimum Gasteiger partial charge on any atom is -0.359 e. The third-order valence-electron chi connectivity index (χ3n) is 5.29. The van der Waals surface area contributed by atoms with Crippen LogP contribution in [0.25, 0.3) is 0 Å². The van der Waals surface area contributed by atoms with Crippen molar-refractivity contribution in [3.63, 3.8) is 0 Å². The SMILES string of the molecule is Fc1ccc(C2CCCN2c2cc(Nc3cc(C4CC4)on3)ncn2)c(F)c1. The van der Waals surface area contributed by atoms with Crippen molar-refractivity contribution in [2.45, 2.75) is 37.6 Å². The van der Waals surface area contributed by atoms with Crippen LogP contribution in [-0.4, -0.2) is 21.7 Å². The van der Waals surface area contributed by atoms with Crippen LogP contribution in [0.1, 0.15) is 49.0 Å². The molecule has 1 aliphatic carbocycles. The Hall–Kier alpha value is -3.03. The number of halogens is 2. The van der Waals surface area contributed by atoms with Gasteiger partial charge in [-0.15, -0.1) is 0 Å². The third kappa shape index (κ3) is 3.30. The van der Waals surface area contributed by atoms with Crippen LogP contribution in [0.3, 0.4) is 0 Å². The average molecular weight is 383 g/mol. The highest BCUT2D eigenvalue weighted by Crippen LogP contribution is 2.41. The van der Waals surface area contributed by atoms with Gasteiger partial charge in [-0.3, -0.25) is 0 Å². The van der Waals surface area contributed by atoms with E-state index in [4.69, 9.17) is 4.52 Å². The third-order valence-corrected chi connectivity index (χ3v) is 5.29. The summed E-state index contributed by atoms with van der Waals surface area (Å²) in [7, 11) is 0. The van der Waals surface area contributed by atoms with Crippen molar-refractivity contribution in [2.24, 2.45) is 0 Å². The monoisotopic (exact) mass is 383 g/mol. The number of anilines is 3. The first kappa shape index (κ1) is 17.1. The molecular formula is C20H19F2N5O. The van der Waals surface area contributed by atoms with E-state index in [1.807, 2.05) is 17.0 Å².